The van der Waals surface area contributed by atoms with Crippen LogP contribution >= 0.6 is 0 Å². The molecule has 25 heavy (non-hydrogen) atoms. The maximum Gasteiger partial charge on any atom is 0.241 e. The molecule has 1 aromatic carbocycles. The lowest BCUT2D eigenvalue weighted by atomic mass is 9.97. The maximum atomic E-state index is 13.2. The summed E-state index contributed by atoms with van der Waals surface area (Å²) in [6.07, 6.45) is 2.54. The highest BCUT2D eigenvalue weighted by Gasteiger charge is 2.27. The molecule has 0 spiro atoms. The van der Waals surface area contributed by atoms with Crippen molar-refractivity contribution in [3.63, 3.8) is 0 Å². The number of hydrogen-bond donors (Lipinski definition) is 2. The monoisotopic (exact) mass is 348 g/mol. The van der Waals surface area contributed by atoms with Gasteiger partial charge in [-0.05, 0) is 57.0 Å². The fourth-order valence-corrected chi connectivity index (χ4v) is 3.74. The molecule has 5 nitrogen and oxygen atoms in total. The summed E-state index contributed by atoms with van der Waals surface area (Å²) >= 11 is 0. The fourth-order valence-electron chi connectivity index (χ4n) is 3.74. The number of halogens is 1. The molecule has 1 aromatic rings. The molecule has 0 radical (unpaired) electrons. The number of piperazine rings is 1. The van der Waals surface area contributed by atoms with Crippen LogP contribution in [0.4, 0.5) is 10.1 Å². The lowest BCUT2D eigenvalue weighted by Crippen LogP contribution is -2.53. The first-order valence-corrected chi connectivity index (χ1v) is 9.35. The van der Waals surface area contributed by atoms with Gasteiger partial charge in [-0.15, -0.1) is 0 Å². The molecule has 0 aromatic heterocycles. The highest BCUT2D eigenvalue weighted by molar-refractivity contribution is 5.94. The molecule has 138 valence electrons. The third kappa shape index (κ3) is 5.23. The Morgan fingerprint density at radius 3 is 2.68 bits per heavy atom. The summed E-state index contributed by atoms with van der Waals surface area (Å²) in [4.78, 5) is 17.2. The second-order valence-electron chi connectivity index (χ2n) is 7.21. The van der Waals surface area contributed by atoms with Gasteiger partial charge in [-0.1, -0.05) is 6.07 Å². The molecule has 2 heterocycles. The Bertz CT molecular complexity index is 568. The SMILES string of the molecule is CC(C(=O)Nc1cccc(F)c1)N1CCN(CC2CCNCC2)CC1. The van der Waals surface area contributed by atoms with Crippen LogP contribution in [-0.2, 0) is 4.79 Å². The predicted octanol–water partition coefficient (Wildman–Crippen LogP) is 1.77. The molecule has 1 atom stereocenters. The van der Waals surface area contributed by atoms with Crippen LogP contribution in [0.5, 0.6) is 0 Å². The average Bonchev–Trinajstić information content (AvgIpc) is 2.62. The van der Waals surface area contributed by atoms with Gasteiger partial charge < -0.3 is 15.5 Å². The van der Waals surface area contributed by atoms with Crippen molar-refractivity contribution in [2.24, 2.45) is 5.92 Å². The topological polar surface area (TPSA) is 47.6 Å². The Hall–Kier alpha value is -1.50. The Morgan fingerprint density at radius 2 is 2.00 bits per heavy atom. The molecule has 3 rings (SSSR count). The zero-order valence-electron chi connectivity index (χ0n) is 15.0. The number of benzene rings is 1. The third-order valence-electron chi connectivity index (χ3n) is 5.40. The predicted molar refractivity (Wildman–Crippen MR) is 98.1 cm³/mol. The molecular formula is C19H29FN4O. The number of rotatable bonds is 5. The van der Waals surface area contributed by atoms with E-state index in [0.717, 1.165) is 45.2 Å². The van der Waals surface area contributed by atoms with E-state index >= 15 is 0 Å². The molecule has 2 saturated heterocycles. The first-order chi connectivity index (χ1) is 12.1. The minimum Gasteiger partial charge on any atom is -0.325 e. The fraction of sp³-hybridized carbons (Fsp3) is 0.632. The zero-order valence-corrected chi connectivity index (χ0v) is 15.0. The van der Waals surface area contributed by atoms with Gasteiger partial charge in [-0.25, -0.2) is 4.39 Å². The molecule has 1 amide bonds. The largest absolute Gasteiger partial charge is 0.325 e. The molecule has 0 aliphatic carbocycles. The highest BCUT2D eigenvalue weighted by Crippen LogP contribution is 2.16. The Labute approximate surface area is 149 Å². The average molecular weight is 348 g/mol. The molecular weight excluding hydrogens is 319 g/mol. The zero-order chi connectivity index (χ0) is 17.6. The minimum absolute atomic E-state index is 0.0718. The lowest BCUT2D eigenvalue weighted by Gasteiger charge is -2.39. The van der Waals surface area contributed by atoms with Gasteiger partial charge in [0, 0.05) is 38.4 Å². The summed E-state index contributed by atoms with van der Waals surface area (Å²) in [6, 6.07) is 5.84. The van der Waals surface area contributed by atoms with Crippen LogP contribution in [0.25, 0.3) is 0 Å². The van der Waals surface area contributed by atoms with Gasteiger partial charge in [-0.3, -0.25) is 9.69 Å². The first-order valence-electron chi connectivity index (χ1n) is 9.35. The second-order valence-corrected chi connectivity index (χ2v) is 7.21. The molecule has 6 heteroatoms. The number of amides is 1. The van der Waals surface area contributed by atoms with E-state index in [2.05, 4.69) is 20.4 Å². The first kappa shape index (κ1) is 18.3. The van der Waals surface area contributed by atoms with Crippen LogP contribution in [0.15, 0.2) is 24.3 Å². The van der Waals surface area contributed by atoms with Crippen LogP contribution in [0.1, 0.15) is 19.8 Å². The summed E-state index contributed by atoms with van der Waals surface area (Å²) in [5.74, 6) is 0.399. The van der Waals surface area contributed by atoms with Crippen molar-refractivity contribution in [1.29, 1.82) is 0 Å². The second kappa shape index (κ2) is 8.74. The van der Waals surface area contributed by atoms with Crippen LogP contribution in [0.2, 0.25) is 0 Å². The summed E-state index contributed by atoms with van der Waals surface area (Å²) < 4.78 is 13.2. The molecule has 2 fully saturated rings. The van der Waals surface area contributed by atoms with Gasteiger partial charge in [0.05, 0.1) is 6.04 Å². The number of anilines is 1. The number of carbonyl (C=O) groups excluding carboxylic acids is 1. The summed E-state index contributed by atoms with van der Waals surface area (Å²) in [7, 11) is 0. The van der Waals surface area contributed by atoms with Crippen molar-refractivity contribution in [1.82, 2.24) is 15.1 Å². The quantitative estimate of drug-likeness (QED) is 0.851. The minimum atomic E-state index is -0.336. The van der Waals surface area contributed by atoms with E-state index in [1.54, 1.807) is 12.1 Å². The van der Waals surface area contributed by atoms with E-state index in [0.29, 0.717) is 5.69 Å². The Kier molecular flexibility index (Phi) is 6.39. The Morgan fingerprint density at radius 1 is 1.28 bits per heavy atom. The standard InChI is InChI=1S/C19H29FN4O/c1-15(19(25)22-18-4-2-3-17(20)13-18)24-11-9-23(10-12-24)14-16-5-7-21-8-6-16/h2-4,13,15-16,21H,5-12,14H2,1H3,(H,22,25). The van der Waals surface area contributed by atoms with E-state index in [1.807, 2.05) is 6.92 Å². The smallest absolute Gasteiger partial charge is 0.241 e. The van der Waals surface area contributed by atoms with Crippen molar-refractivity contribution in [2.75, 3.05) is 51.1 Å². The van der Waals surface area contributed by atoms with Crippen LogP contribution < -0.4 is 10.6 Å². The van der Waals surface area contributed by atoms with Gasteiger partial charge >= 0.3 is 0 Å². The van der Waals surface area contributed by atoms with E-state index in [1.165, 1.54) is 31.5 Å². The van der Waals surface area contributed by atoms with E-state index in [9.17, 15) is 9.18 Å². The van der Waals surface area contributed by atoms with Crippen molar-refractivity contribution < 1.29 is 9.18 Å². The van der Waals surface area contributed by atoms with E-state index < -0.39 is 0 Å². The van der Waals surface area contributed by atoms with Gasteiger partial charge in [-0.2, -0.15) is 0 Å². The third-order valence-corrected chi connectivity index (χ3v) is 5.40. The van der Waals surface area contributed by atoms with Gasteiger partial charge in [0.1, 0.15) is 5.82 Å². The van der Waals surface area contributed by atoms with Crippen molar-refractivity contribution in [3.05, 3.63) is 30.1 Å². The van der Waals surface area contributed by atoms with E-state index in [4.69, 9.17) is 0 Å². The summed E-state index contributed by atoms with van der Waals surface area (Å²) in [6.45, 7) is 9.23. The van der Waals surface area contributed by atoms with Crippen LogP contribution in [0, 0.1) is 11.7 Å². The van der Waals surface area contributed by atoms with Crippen molar-refractivity contribution >= 4 is 11.6 Å². The van der Waals surface area contributed by atoms with Gasteiger partial charge in [0.15, 0.2) is 0 Å². The molecule has 2 aliphatic heterocycles. The van der Waals surface area contributed by atoms with Crippen molar-refractivity contribution in [2.45, 2.75) is 25.8 Å². The molecule has 2 N–H and O–H groups in total. The lowest BCUT2D eigenvalue weighted by molar-refractivity contribution is -0.121. The van der Waals surface area contributed by atoms with Gasteiger partial charge in [0.2, 0.25) is 5.91 Å². The van der Waals surface area contributed by atoms with Crippen LogP contribution in [0.3, 0.4) is 0 Å². The molecule has 0 saturated carbocycles. The number of nitrogens with zero attached hydrogens (tertiary/aromatic N) is 2. The number of carbonyl (C=O) groups is 1. The van der Waals surface area contributed by atoms with Crippen molar-refractivity contribution in [3.8, 4) is 0 Å². The number of hydrogen-bond acceptors (Lipinski definition) is 4. The summed E-state index contributed by atoms with van der Waals surface area (Å²) in [5, 5.41) is 6.23. The maximum absolute atomic E-state index is 13.2. The number of piperidine rings is 1. The van der Waals surface area contributed by atoms with E-state index in [-0.39, 0.29) is 17.8 Å². The normalized spacial score (nSPS) is 21.8. The number of nitrogens with one attached hydrogen (secondary N) is 2. The summed E-state index contributed by atoms with van der Waals surface area (Å²) in [5.41, 5.74) is 0.515. The van der Waals surface area contributed by atoms with Gasteiger partial charge in [0.25, 0.3) is 0 Å². The van der Waals surface area contributed by atoms with Crippen LogP contribution in [-0.4, -0.2) is 67.6 Å². The Balaban J connectivity index is 1.44. The molecule has 1 unspecified atom stereocenters. The molecule has 2 aliphatic rings. The highest BCUT2D eigenvalue weighted by atomic mass is 19.1. The molecule has 0 bridgehead atoms.